The number of esters is 1. The number of carbonyl (C=O) groups excluding carboxylic acids is 2. The molecule has 6 heteroatoms. The summed E-state index contributed by atoms with van der Waals surface area (Å²) in [6, 6.07) is 11.2. The highest BCUT2D eigenvalue weighted by Gasteiger charge is 2.12. The highest BCUT2D eigenvalue weighted by atomic mass is 16.5. The van der Waals surface area contributed by atoms with Crippen LogP contribution in [0.15, 0.2) is 52.6 Å². The zero-order valence-electron chi connectivity index (χ0n) is 15.9. The lowest BCUT2D eigenvalue weighted by atomic mass is 10.1. The number of allylic oxidation sites excluding steroid dienone is 1. The molecule has 1 heterocycles. The largest absolute Gasteiger partial charge is 0.486 e. The molecule has 2 rings (SSSR count). The molecule has 0 atom stereocenters. The Hall–Kier alpha value is -3.02. The van der Waals surface area contributed by atoms with Crippen molar-refractivity contribution in [2.75, 3.05) is 6.61 Å². The Morgan fingerprint density at radius 2 is 1.85 bits per heavy atom. The van der Waals surface area contributed by atoms with E-state index in [-0.39, 0.29) is 19.0 Å². The molecule has 0 saturated carbocycles. The van der Waals surface area contributed by atoms with Gasteiger partial charge in [0.25, 0.3) is 5.91 Å². The minimum Gasteiger partial charge on any atom is -0.486 e. The summed E-state index contributed by atoms with van der Waals surface area (Å²) < 4.78 is 16.0. The molecule has 1 N–H and O–H groups in total. The third-order valence-corrected chi connectivity index (χ3v) is 3.66. The maximum absolute atomic E-state index is 12.1. The van der Waals surface area contributed by atoms with Crippen LogP contribution in [-0.4, -0.2) is 18.5 Å². The molecule has 144 valence electrons. The highest BCUT2D eigenvalue weighted by molar-refractivity contribution is 5.93. The molecule has 0 aliphatic rings. The van der Waals surface area contributed by atoms with E-state index in [1.54, 1.807) is 26.0 Å². The average Bonchev–Trinajstić information content (AvgIpc) is 3.10. The smallest absolute Gasteiger partial charge is 0.332 e. The van der Waals surface area contributed by atoms with Crippen LogP contribution in [0.3, 0.4) is 0 Å². The first kappa shape index (κ1) is 20.3. The lowest BCUT2D eigenvalue weighted by Gasteiger charge is -2.06. The maximum atomic E-state index is 12.1. The molecule has 0 aliphatic heterocycles. The van der Waals surface area contributed by atoms with Crippen LogP contribution in [-0.2, 0) is 22.6 Å². The molecule has 2 aromatic rings. The molecule has 27 heavy (non-hydrogen) atoms. The number of amides is 1. The van der Waals surface area contributed by atoms with Crippen LogP contribution in [0.1, 0.15) is 49.1 Å². The van der Waals surface area contributed by atoms with Crippen molar-refractivity contribution >= 4 is 11.9 Å². The molecular weight excluding hydrogens is 346 g/mol. The number of nitrogens with one attached hydrogen (secondary N) is 1. The second kappa shape index (κ2) is 10.2. The fourth-order valence-corrected chi connectivity index (χ4v) is 2.41. The number of hydrogen-bond acceptors (Lipinski definition) is 5. The van der Waals surface area contributed by atoms with Gasteiger partial charge in [-0.1, -0.05) is 25.5 Å². The maximum Gasteiger partial charge on any atom is 0.332 e. The first-order chi connectivity index (χ1) is 13.0. The van der Waals surface area contributed by atoms with Crippen LogP contribution < -0.4 is 10.1 Å². The zero-order valence-corrected chi connectivity index (χ0v) is 15.9. The van der Waals surface area contributed by atoms with Crippen LogP contribution >= 0.6 is 0 Å². The fraction of sp³-hybridized carbons (Fsp3) is 0.333. The number of furan rings is 1. The lowest BCUT2D eigenvalue weighted by molar-refractivity contribution is -0.137. The van der Waals surface area contributed by atoms with Gasteiger partial charge >= 0.3 is 5.97 Å². The van der Waals surface area contributed by atoms with Crippen molar-refractivity contribution in [3.63, 3.8) is 0 Å². The molecule has 6 nitrogen and oxygen atoms in total. The summed E-state index contributed by atoms with van der Waals surface area (Å²) in [5.41, 5.74) is 1.65. The zero-order chi connectivity index (χ0) is 19.6. The number of benzene rings is 1. The molecule has 1 amide bonds. The number of hydrogen-bond donors (Lipinski definition) is 1. The van der Waals surface area contributed by atoms with Gasteiger partial charge in [0.2, 0.25) is 0 Å². The van der Waals surface area contributed by atoms with Gasteiger partial charge in [-0.15, -0.1) is 0 Å². The molecule has 0 spiro atoms. The Balaban J connectivity index is 1.88. The number of aryl methyl sites for hydroxylation is 1. The topological polar surface area (TPSA) is 77.8 Å². The minimum atomic E-state index is -0.506. The summed E-state index contributed by atoms with van der Waals surface area (Å²) in [6.07, 6.45) is 3.36. The first-order valence-corrected chi connectivity index (χ1v) is 8.98. The van der Waals surface area contributed by atoms with Crippen molar-refractivity contribution in [1.82, 2.24) is 5.32 Å². The van der Waals surface area contributed by atoms with Crippen molar-refractivity contribution in [2.24, 2.45) is 0 Å². The van der Waals surface area contributed by atoms with Crippen molar-refractivity contribution in [1.29, 1.82) is 0 Å². The van der Waals surface area contributed by atoms with Gasteiger partial charge in [0, 0.05) is 11.8 Å². The first-order valence-electron chi connectivity index (χ1n) is 8.98. The highest BCUT2D eigenvalue weighted by Crippen LogP contribution is 2.16. The summed E-state index contributed by atoms with van der Waals surface area (Å²) in [5, 5.41) is 2.58. The Morgan fingerprint density at radius 3 is 2.52 bits per heavy atom. The molecule has 1 aromatic heterocycles. The van der Waals surface area contributed by atoms with Crippen LogP contribution in [0.25, 0.3) is 0 Å². The third-order valence-electron chi connectivity index (χ3n) is 3.66. The van der Waals surface area contributed by atoms with E-state index in [0.717, 1.165) is 18.6 Å². The molecule has 0 bridgehead atoms. The predicted molar refractivity (Wildman–Crippen MR) is 101 cm³/mol. The molecule has 0 radical (unpaired) electrons. The van der Waals surface area contributed by atoms with Gasteiger partial charge in [-0.05, 0) is 50.1 Å². The van der Waals surface area contributed by atoms with Gasteiger partial charge in [0.05, 0.1) is 6.61 Å². The molecule has 0 unspecified atom stereocenters. The summed E-state index contributed by atoms with van der Waals surface area (Å²) >= 11 is 0. The summed E-state index contributed by atoms with van der Waals surface area (Å²) in [7, 11) is 0. The number of ether oxygens (including phenoxy) is 2. The van der Waals surface area contributed by atoms with E-state index in [1.807, 2.05) is 24.3 Å². The van der Waals surface area contributed by atoms with Crippen LogP contribution in [0.4, 0.5) is 0 Å². The SMILES string of the molecule is CCCc1ccc(OCc2ccc(C(=O)N/C(C)=C/C(=O)OCC)o2)cc1. The van der Waals surface area contributed by atoms with Gasteiger partial charge in [0.15, 0.2) is 5.76 Å². The van der Waals surface area contributed by atoms with Crippen LogP contribution in [0.5, 0.6) is 5.75 Å². The predicted octanol–water partition coefficient (Wildman–Crippen LogP) is 4.01. The van der Waals surface area contributed by atoms with Crippen molar-refractivity contribution in [3.05, 3.63) is 65.3 Å². The molecule has 1 aromatic carbocycles. The third kappa shape index (κ3) is 6.66. The second-order valence-corrected chi connectivity index (χ2v) is 5.98. The summed E-state index contributed by atoms with van der Waals surface area (Å²) in [4.78, 5) is 23.5. The molecular formula is C21H25NO5. The van der Waals surface area contributed by atoms with Crippen LogP contribution in [0.2, 0.25) is 0 Å². The standard InChI is InChI=1S/C21H25NO5/c1-4-6-16-7-9-17(10-8-16)26-14-18-11-12-19(27-18)21(24)22-15(3)13-20(23)25-5-2/h7-13H,4-6,14H2,1-3H3,(H,22,24)/b15-13+. The summed E-state index contributed by atoms with van der Waals surface area (Å²) in [5.74, 6) is 0.468. The van der Waals surface area contributed by atoms with Gasteiger partial charge in [-0.25, -0.2) is 4.79 Å². The van der Waals surface area contributed by atoms with E-state index in [9.17, 15) is 9.59 Å². The van der Waals surface area contributed by atoms with Crippen LogP contribution in [0, 0.1) is 0 Å². The fourth-order valence-electron chi connectivity index (χ4n) is 2.41. The summed E-state index contributed by atoms with van der Waals surface area (Å²) in [6.45, 7) is 5.95. The van der Waals surface area contributed by atoms with Crippen molar-refractivity contribution in [2.45, 2.75) is 40.2 Å². The van der Waals surface area contributed by atoms with Gasteiger partial charge < -0.3 is 19.2 Å². The van der Waals surface area contributed by atoms with E-state index in [0.29, 0.717) is 11.5 Å². The Kier molecular flexibility index (Phi) is 7.67. The van der Waals surface area contributed by atoms with E-state index >= 15 is 0 Å². The van der Waals surface area contributed by atoms with E-state index in [4.69, 9.17) is 13.9 Å². The minimum absolute atomic E-state index is 0.142. The quantitative estimate of drug-likeness (QED) is 0.532. The normalized spacial score (nSPS) is 11.1. The molecule has 0 aliphatic carbocycles. The molecule has 0 fully saturated rings. The van der Waals surface area contributed by atoms with Crippen molar-refractivity contribution in [3.8, 4) is 5.75 Å². The monoisotopic (exact) mass is 371 g/mol. The van der Waals surface area contributed by atoms with Gasteiger partial charge in [-0.2, -0.15) is 0 Å². The molecule has 0 saturated heterocycles. The van der Waals surface area contributed by atoms with E-state index < -0.39 is 11.9 Å². The second-order valence-electron chi connectivity index (χ2n) is 5.98. The lowest BCUT2D eigenvalue weighted by Crippen LogP contribution is -2.21. The van der Waals surface area contributed by atoms with Crippen molar-refractivity contribution < 1.29 is 23.5 Å². The number of carbonyl (C=O) groups is 2. The van der Waals surface area contributed by atoms with E-state index in [2.05, 4.69) is 12.2 Å². The number of rotatable bonds is 9. The Morgan fingerprint density at radius 1 is 1.11 bits per heavy atom. The van der Waals surface area contributed by atoms with Gasteiger partial charge in [-0.3, -0.25) is 4.79 Å². The van der Waals surface area contributed by atoms with Gasteiger partial charge in [0.1, 0.15) is 18.1 Å². The Labute approximate surface area is 159 Å². The van der Waals surface area contributed by atoms with E-state index in [1.165, 1.54) is 11.6 Å². The Bertz CT molecular complexity index is 789. The average molecular weight is 371 g/mol.